The summed E-state index contributed by atoms with van der Waals surface area (Å²) in [4.78, 5) is 2.29. The lowest BCUT2D eigenvalue weighted by Crippen LogP contribution is -2.12. The first-order valence-corrected chi connectivity index (χ1v) is 10.0. The second-order valence-corrected chi connectivity index (χ2v) is 7.18. The lowest BCUT2D eigenvalue weighted by molar-refractivity contribution is 0.389. The molecule has 0 aliphatic rings. The minimum atomic E-state index is 0. The molecule has 2 heteroatoms. The van der Waals surface area contributed by atoms with Crippen molar-refractivity contribution in [2.24, 2.45) is 0 Å². The fourth-order valence-corrected chi connectivity index (χ4v) is 3.01. The van der Waals surface area contributed by atoms with Crippen LogP contribution in [-0.2, 0) is 0 Å². The van der Waals surface area contributed by atoms with Crippen molar-refractivity contribution in [3.63, 3.8) is 0 Å². The molecule has 0 saturated carbocycles. The van der Waals surface area contributed by atoms with Crippen molar-refractivity contribution in [2.75, 3.05) is 20.6 Å². The average Bonchev–Trinajstić information content (AvgIpc) is 2.50. The third kappa shape index (κ3) is 24.4. The van der Waals surface area contributed by atoms with Gasteiger partial charge >= 0.3 is 0 Å². The number of halogens is 1. The molecule has 0 aromatic carbocycles. The van der Waals surface area contributed by atoms with Crippen LogP contribution >= 0.6 is 12.4 Å². The molecule has 0 heterocycles. The summed E-state index contributed by atoms with van der Waals surface area (Å²) in [6, 6.07) is 0. The molecule has 0 radical (unpaired) electrons. The van der Waals surface area contributed by atoms with Gasteiger partial charge in [0.2, 0.25) is 0 Å². The Morgan fingerprint density at radius 2 is 0.870 bits per heavy atom. The number of hydrogen-bond acceptors (Lipinski definition) is 1. The van der Waals surface area contributed by atoms with Gasteiger partial charge in [0.25, 0.3) is 0 Å². The van der Waals surface area contributed by atoms with Crippen molar-refractivity contribution in [3.8, 4) is 0 Å². The maximum atomic E-state index is 3.77. The third-order valence-corrected chi connectivity index (χ3v) is 4.51. The predicted octanol–water partition coefficient (Wildman–Crippen LogP) is 7.40. The Morgan fingerprint density at radius 3 is 1.17 bits per heavy atom. The molecule has 0 amide bonds. The van der Waals surface area contributed by atoms with E-state index >= 15 is 0 Å². The summed E-state index contributed by atoms with van der Waals surface area (Å²) in [6.45, 7) is 5.03. The molecular weight excluding hydrogens is 302 g/mol. The molecule has 0 unspecified atom stereocenters. The molecule has 0 N–H and O–H groups in total. The van der Waals surface area contributed by atoms with E-state index < -0.39 is 0 Å². The van der Waals surface area contributed by atoms with E-state index in [0.717, 1.165) is 0 Å². The first kappa shape index (κ1) is 25.2. The first-order valence-electron chi connectivity index (χ1n) is 10.0. The van der Waals surface area contributed by atoms with Crippen molar-refractivity contribution < 1.29 is 0 Å². The van der Waals surface area contributed by atoms with E-state index in [1.54, 1.807) is 0 Å². The van der Waals surface area contributed by atoms with E-state index in [-0.39, 0.29) is 12.4 Å². The Morgan fingerprint density at radius 1 is 0.565 bits per heavy atom. The lowest BCUT2D eigenvalue weighted by atomic mass is 10.0. The van der Waals surface area contributed by atoms with Gasteiger partial charge in [-0.05, 0) is 39.9 Å². The van der Waals surface area contributed by atoms with Gasteiger partial charge in [0.1, 0.15) is 0 Å². The minimum Gasteiger partial charge on any atom is -0.309 e. The molecule has 0 atom stereocenters. The highest BCUT2D eigenvalue weighted by Crippen LogP contribution is 2.13. The largest absolute Gasteiger partial charge is 0.309 e. The van der Waals surface area contributed by atoms with Gasteiger partial charge in [-0.2, -0.15) is 0 Å². The Labute approximate surface area is 153 Å². The zero-order chi connectivity index (χ0) is 16.3. The highest BCUT2D eigenvalue weighted by atomic mass is 35.5. The molecule has 0 rings (SSSR count). The maximum Gasteiger partial charge on any atom is -0.00248 e. The van der Waals surface area contributed by atoms with Crippen LogP contribution in [0.3, 0.4) is 0 Å². The number of rotatable bonds is 18. The summed E-state index contributed by atoms with van der Waals surface area (Å²) in [5.41, 5.74) is 0. The number of allylic oxidation sites excluding steroid dienone is 1. The smallest absolute Gasteiger partial charge is 0.00248 e. The standard InChI is InChI=1S/C21H43N.ClH/c1-4-5-6-7-8-9-10-11-12-13-14-15-16-17-18-19-20-21-22(2)3;/h4H,1,5-21H2,2-3H3;1H. The molecule has 0 bridgehead atoms. The molecule has 23 heavy (non-hydrogen) atoms. The molecule has 0 aromatic rings. The second kappa shape index (κ2) is 22.0. The van der Waals surface area contributed by atoms with Crippen LogP contribution in [0, 0.1) is 0 Å². The van der Waals surface area contributed by atoms with Crippen LogP contribution in [0.25, 0.3) is 0 Å². The van der Waals surface area contributed by atoms with Gasteiger partial charge in [0, 0.05) is 0 Å². The molecule has 0 spiro atoms. The minimum absolute atomic E-state index is 0. The van der Waals surface area contributed by atoms with Gasteiger partial charge in [-0.1, -0.05) is 89.5 Å². The van der Waals surface area contributed by atoms with E-state index in [9.17, 15) is 0 Å². The zero-order valence-electron chi connectivity index (χ0n) is 16.2. The van der Waals surface area contributed by atoms with Gasteiger partial charge in [-0.3, -0.25) is 0 Å². The van der Waals surface area contributed by atoms with Crippen molar-refractivity contribution >= 4 is 12.4 Å². The topological polar surface area (TPSA) is 3.24 Å². The van der Waals surface area contributed by atoms with E-state index in [0.29, 0.717) is 0 Å². The van der Waals surface area contributed by atoms with Crippen LogP contribution in [0.2, 0.25) is 0 Å². The van der Waals surface area contributed by atoms with Gasteiger partial charge in [0.05, 0.1) is 0 Å². The quantitative estimate of drug-likeness (QED) is 0.185. The van der Waals surface area contributed by atoms with Crippen LogP contribution in [-0.4, -0.2) is 25.5 Å². The summed E-state index contributed by atoms with van der Waals surface area (Å²) >= 11 is 0. The van der Waals surface area contributed by atoms with E-state index in [2.05, 4.69) is 25.6 Å². The molecule has 140 valence electrons. The molecule has 1 nitrogen and oxygen atoms in total. The average molecular weight is 346 g/mol. The molecule has 0 aliphatic heterocycles. The summed E-state index contributed by atoms with van der Waals surface area (Å²) in [7, 11) is 4.34. The first-order chi connectivity index (χ1) is 10.8. The molecule has 0 aliphatic carbocycles. The fourth-order valence-electron chi connectivity index (χ4n) is 3.01. The molecular formula is C21H44ClN. The van der Waals surface area contributed by atoms with Crippen molar-refractivity contribution in [1.82, 2.24) is 4.90 Å². The monoisotopic (exact) mass is 345 g/mol. The summed E-state index contributed by atoms with van der Waals surface area (Å²) in [5.74, 6) is 0. The summed E-state index contributed by atoms with van der Waals surface area (Å²) in [5, 5.41) is 0. The van der Waals surface area contributed by atoms with Crippen LogP contribution < -0.4 is 0 Å². The van der Waals surface area contributed by atoms with Crippen LogP contribution in [0.5, 0.6) is 0 Å². The molecule has 0 aromatic heterocycles. The van der Waals surface area contributed by atoms with Crippen LogP contribution in [0.15, 0.2) is 12.7 Å². The third-order valence-electron chi connectivity index (χ3n) is 4.51. The maximum absolute atomic E-state index is 3.77. The summed E-state index contributed by atoms with van der Waals surface area (Å²) in [6.07, 6.45) is 24.8. The van der Waals surface area contributed by atoms with Crippen LogP contribution in [0.1, 0.15) is 103 Å². The van der Waals surface area contributed by atoms with Crippen molar-refractivity contribution in [1.29, 1.82) is 0 Å². The Hall–Kier alpha value is -0.0100. The summed E-state index contributed by atoms with van der Waals surface area (Å²) < 4.78 is 0. The van der Waals surface area contributed by atoms with Gasteiger partial charge in [0.15, 0.2) is 0 Å². The molecule has 0 fully saturated rings. The zero-order valence-corrected chi connectivity index (χ0v) is 17.0. The number of nitrogens with zero attached hydrogens (tertiary/aromatic N) is 1. The second-order valence-electron chi connectivity index (χ2n) is 7.18. The Bertz CT molecular complexity index is 216. The predicted molar refractivity (Wildman–Crippen MR) is 110 cm³/mol. The fraction of sp³-hybridized carbons (Fsp3) is 0.905. The van der Waals surface area contributed by atoms with E-state index in [1.165, 1.54) is 109 Å². The Kier molecular flexibility index (Phi) is 24.1. The lowest BCUT2D eigenvalue weighted by Gasteiger charge is -2.08. The van der Waals surface area contributed by atoms with Crippen molar-refractivity contribution in [2.45, 2.75) is 103 Å². The number of unbranched alkanes of at least 4 members (excludes halogenated alkanes) is 15. The van der Waals surface area contributed by atoms with Gasteiger partial charge < -0.3 is 4.90 Å². The van der Waals surface area contributed by atoms with E-state index in [4.69, 9.17) is 0 Å². The van der Waals surface area contributed by atoms with Gasteiger partial charge in [-0.25, -0.2) is 0 Å². The Balaban J connectivity index is 0. The van der Waals surface area contributed by atoms with E-state index in [1.807, 2.05) is 6.08 Å². The van der Waals surface area contributed by atoms with Crippen molar-refractivity contribution in [3.05, 3.63) is 12.7 Å². The van der Waals surface area contributed by atoms with Gasteiger partial charge in [-0.15, -0.1) is 19.0 Å². The SMILES string of the molecule is C=CCCCCCCCCCCCCCCCCCN(C)C.Cl. The number of hydrogen-bond donors (Lipinski definition) is 0. The highest BCUT2D eigenvalue weighted by molar-refractivity contribution is 5.85. The normalized spacial score (nSPS) is 10.7. The molecule has 0 saturated heterocycles. The van der Waals surface area contributed by atoms with Crippen LogP contribution in [0.4, 0.5) is 0 Å². The highest BCUT2D eigenvalue weighted by Gasteiger charge is 1.95.